The van der Waals surface area contributed by atoms with E-state index in [1.165, 1.54) is 154 Å². The van der Waals surface area contributed by atoms with E-state index in [0.717, 1.165) is 45.4 Å². The van der Waals surface area contributed by atoms with Crippen LogP contribution in [0.3, 0.4) is 0 Å². The van der Waals surface area contributed by atoms with Crippen molar-refractivity contribution >= 4 is 25.7 Å². The molecule has 0 radical (unpaired) electrons. The van der Waals surface area contributed by atoms with Crippen molar-refractivity contribution in [3.05, 3.63) is 0 Å². The molecule has 2 unspecified atom stereocenters. The maximum absolute atomic E-state index is 13.0. The molecule has 0 aliphatic carbocycles. The molecule has 14 nitrogen and oxygen atoms in total. The molecule has 0 bridgehead atoms. The van der Waals surface area contributed by atoms with Gasteiger partial charge >= 0.3 is 25.7 Å². The number of carbonyl (C=O) groups excluding carboxylic acids is 3. The van der Waals surface area contributed by atoms with Crippen molar-refractivity contribution in [1.29, 1.82) is 0 Å². The summed E-state index contributed by atoms with van der Waals surface area (Å²) in [7, 11) is -5.07. The summed E-state index contributed by atoms with van der Waals surface area (Å²) >= 11 is 0. The largest absolute Gasteiger partial charge is 0.474 e. The minimum atomic E-state index is -5.07. The van der Waals surface area contributed by atoms with Gasteiger partial charge in [0.05, 0.1) is 6.61 Å². The molecule has 1 aliphatic rings. The van der Waals surface area contributed by atoms with E-state index in [2.05, 4.69) is 13.8 Å². The predicted octanol–water partition coefficient (Wildman–Crippen LogP) is 11.2. The van der Waals surface area contributed by atoms with Gasteiger partial charge in [-0.05, 0) is 12.8 Å². The van der Waals surface area contributed by atoms with Gasteiger partial charge in [0.15, 0.2) is 12.4 Å². The van der Waals surface area contributed by atoms with Gasteiger partial charge in [0, 0.05) is 19.8 Å². The number of hydrogen-bond acceptors (Lipinski definition) is 13. The highest BCUT2D eigenvalue weighted by Gasteiger charge is 2.47. The molecule has 378 valence electrons. The first kappa shape index (κ1) is 60.4. The van der Waals surface area contributed by atoms with Gasteiger partial charge in [-0.1, -0.05) is 206 Å². The summed E-state index contributed by atoms with van der Waals surface area (Å²) in [4.78, 5) is 47.3. The molecule has 0 aromatic carbocycles. The number of phosphoric ester groups is 1. The Hall–Kier alpha value is -1.64. The van der Waals surface area contributed by atoms with E-state index in [-0.39, 0.29) is 12.8 Å². The summed E-state index contributed by atoms with van der Waals surface area (Å²) in [5, 5.41) is 30.9. The SMILES string of the molecule is CCCCCCCCCCCCCCCCCCCC(=O)OC(COC(=O)CCCCCCCCCCCCCCCCC)COP(=O)(O)O[C@@H]1O[C@H](COC(C)=O)[C@@H](O)[C@H](O)[C@H]1O. The van der Waals surface area contributed by atoms with Gasteiger partial charge in [0.1, 0.15) is 37.6 Å². The first-order valence-corrected chi connectivity index (χ1v) is 27.2. The van der Waals surface area contributed by atoms with Crippen LogP contribution in [-0.4, -0.2) is 94.8 Å². The molecule has 1 heterocycles. The third kappa shape index (κ3) is 33.8. The molecule has 64 heavy (non-hydrogen) atoms. The fourth-order valence-corrected chi connectivity index (χ4v) is 8.79. The van der Waals surface area contributed by atoms with Crippen molar-refractivity contribution < 1.29 is 67.2 Å². The third-order valence-electron chi connectivity index (χ3n) is 12.0. The quantitative estimate of drug-likeness (QED) is 0.0194. The molecule has 0 spiro atoms. The van der Waals surface area contributed by atoms with Crippen molar-refractivity contribution in [1.82, 2.24) is 0 Å². The summed E-state index contributed by atoms with van der Waals surface area (Å²) in [5.41, 5.74) is 0. The van der Waals surface area contributed by atoms with E-state index >= 15 is 0 Å². The lowest BCUT2D eigenvalue weighted by Gasteiger charge is -2.40. The number of unbranched alkanes of at least 4 members (excludes halogenated alkanes) is 30. The van der Waals surface area contributed by atoms with Crippen LogP contribution < -0.4 is 0 Å². The molecule has 0 amide bonds. The smallest absolute Gasteiger partial charge is 0.463 e. The summed E-state index contributed by atoms with van der Waals surface area (Å²) in [6.45, 7) is 3.97. The van der Waals surface area contributed by atoms with Crippen LogP contribution in [0.1, 0.15) is 239 Å². The second kappa shape index (κ2) is 40.4. The number of carbonyl (C=O) groups is 3. The highest BCUT2D eigenvalue weighted by Crippen LogP contribution is 2.46. The number of aliphatic hydroxyl groups excluding tert-OH is 3. The average Bonchev–Trinajstić information content (AvgIpc) is 3.26. The Morgan fingerprint density at radius 3 is 1.28 bits per heavy atom. The number of aliphatic hydroxyl groups is 3. The number of rotatable bonds is 44. The van der Waals surface area contributed by atoms with Crippen LogP contribution in [0.15, 0.2) is 0 Å². The van der Waals surface area contributed by atoms with Gasteiger partial charge in [-0.3, -0.25) is 23.4 Å². The maximum atomic E-state index is 13.0. The van der Waals surface area contributed by atoms with Gasteiger partial charge in [-0.15, -0.1) is 0 Å². The van der Waals surface area contributed by atoms with Gasteiger partial charge < -0.3 is 39.2 Å². The molecule has 0 aromatic rings. The summed E-state index contributed by atoms with van der Waals surface area (Å²) in [5.74, 6) is -1.76. The Morgan fingerprint density at radius 2 is 0.891 bits per heavy atom. The first-order chi connectivity index (χ1) is 30.9. The Balaban J connectivity index is 2.48. The van der Waals surface area contributed by atoms with Gasteiger partial charge in [0.25, 0.3) is 0 Å². The van der Waals surface area contributed by atoms with Gasteiger partial charge in [0.2, 0.25) is 0 Å². The maximum Gasteiger partial charge on any atom is 0.474 e. The van der Waals surface area contributed by atoms with E-state index in [4.69, 9.17) is 28.0 Å². The third-order valence-corrected chi connectivity index (χ3v) is 12.9. The number of hydrogen-bond donors (Lipinski definition) is 4. The zero-order valence-electron chi connectivity index (χ0n) is 40.4. The number of ether oxygens (including phenoxy) is 4. The molecule has 1 fully saturated rings. The molecule has 0 aromatic heterocycles. The monoisotopic (exact) mass is 937 g/mol. The van der Waals surface area contributed by atoms with Crippen molar-refractivity contribution in [2.24, 2.45) is 0 Å². The molecule has 1 rings (SSSR count). The predicted molar refractivity (Wildman–Crippen MR) is 249 cm³/mol. The molecule has 4 N–H and O–H groups in total. The van der Waals surface area contributed by atoms with Crippen molar-refractivity contribution in [2.45, 2.75) is 276 Å². The van der Waals surface area contributed by atoms with Crippen molar-refractivity contribution in [3.8, 4) is 0 Å². The Kier molecular flexibility index (Phi) is 38.1. The summed E-state index contributed by atoms with van der Waals surface area (Å²) < 4.78 is 44.1. The topological polar surface area (TPSA) is 205 Å². The van der Waals surface area contributed by atoms with E-state index < -0.39 is 82.4 Å². The lowest BCUT2D eigenvalue weighted by atomic mass is 9.99. The van der Waals surface area contributed by atoms with E-state index in [9.17, 15) is 39.2 Å². The van der Waals surface area contributed by atoms with Gasteiger partial charge in [-0.25, -0.2) is 4.57 Å². The Labute approximate surface area is 387 Å². The molecular formula is C49H93O14P. The van der Waals surface area contributed by atoms with Crippen LogP contribution >= 0.6 is 7.82 Å². The van der Waals surface area contributed by atoms with E-state index in [1.54, 1.807) is 0 Å². The number of phosphoric acid groups is 1. The summed E-state index contributed by atoms with van der Waals surface area (Å²) in [6, 6.07) is 0. The second-order valence-corrected chi connectivity index (χ2v) is 19.5. The highest BCUT2D eigenvalue weighted by molar-refractivity contribution is 7.47. The zero-order valence-corrected chi connectivity index (χ0v) is 41.3. The van der Waals surface area contributed by atoms with Crippen molar-refractivity contribution in [2.75, 3.05) is 19.8 Å². The molecule has 1 saturated heterocycles. The molecule has 0 saturated carbocycles. The van der Waals surface area contributed by atoms with Crippen molar-refractivity contribution in [3.63, 3.8) is 0 Å². The highest BCUT2D eigenvalue weighted by atomic mass is 31.2. The fraction of sp³-hybridized carbons (Fsp3) is 0.939. The minimum Gasteiger partial charge on any atom is -0.463 e. The molecule has 1 aliphatic heterocycles. The fourth-order valence-electron chi connectivity index (χ4n) is 7.93. The van der Waals surface area contributed by atoms with Crippen LogP contribution in [0.4, 0.5) is 0 Å². The zero-order chi connectivity index (χ0) is 47.1. The lowest BCUT2D eigenvalue weighted by Crippen LogP contribution is -2.59. The lowest BCUT2D eigenvalue weighted by molar-refractivity contribution is -0.282. The normalized spacial score (nSPS) is 20.1. The summed E-state index contributed by atoms with van der Waals surface area (Å²) in [6.07, 6.45) is 28.9. The van der Waals surface area contributed by atoms with Crippen LogP contribution in [-0.2, 0) is 46.9 Å². The Bertz CT molecular complexity index is 1190. The van der Waals surface area contributed by atoms with E-state index in [0.29, 0.717) is 12.8 Å². The van der Waals surface area contributed by atoms with Crippen LogP contribution in [0, 0.1) is 0 Å². The van der Waals surface area contributed by atoms with Crippen LogP contribution in [0.25, 0.3) is 0 Å². The second-order valence-electron chi connectivity index (χ2n) is 18.1. The molecule has 15 heteroatoms. The average molecular weight is 937 g/mol. The van der Waals surface area contributed by atoms with Gasteiger partial charge in [-0.2, -0.15) is 0 Å². The molecular weight excluding hydrogens is 843 g/mol. The van der Waals surface area contributed by atoms with E-state index in [1.807, 2.05) is 0 Å². The molecule has 7 atom stereocenters. The standard InChI is InChI=1S/C49H93O14P/c1-4-6-8-10-12-14-16-18-20-21-23-25-27-29-31-33-35-37-45(52)61-42(38-59-44(51)36-34-32-30-28-26-24-22-19-17-15-13-11-9-7-5-2)39-60-64(56,57)63-49-48(55)47(54)46(53)43(62-49)40-58-41(3)50/h42-43,46-49,53-55H,4-40H2,1-3H3,(H,56,57)/t42?,43-,46-,47+,48-,49+/m1/s1. The first-order valence-electron chi connectivity index (χ1n) is 25.7. The minimum absolute atomic E-state index is 0.113. The Morgan fingerprint density at radius 1 is 0.516 bits per heavy atom. The van der Waals surface area contributed by atoms with Crippen LogP contribution in [0.5, 0.6) is 0 Å². The number of esters is 3. The van der Waals surface area contributed by atoms with Crippen LogP contribution in [0.2, 0.25) is 0 Å².